The normalized spacial score (nSPS) is 10.3. The zero-order valence-corrected chi connectivity index (χ0v) is 10.9. The Kier molecular flexibility index (Phi) is 3.71. The molecule has 2 N–H and O–H groups in total. The van der Waals surface area contributed by atoms with Gasteiger partial charge in [0, 0.05) is 16.3 Å². The number of carbonyl (C=O) groups excluding carboxylic acids is 1. The minimum absolute atomic E-state index is 0.103. The van der Waals surface area contributed by atoms with Crippen molar-refractivity contribution in [3.63, 3.8) is 0 Å². The lowest BCUT2D eigenvalue weighted by Crippen LogP contribution is -2.08. The van der Waals surface area contributed by atoms with Gasteiger partial charge in [0.2, 0.25) is 0 Å². The first-order valence-corrected chi connectivity index (χ1v) is 5.84. The molecule has 0 saturated carbocycles. The van der Waals surface area contributed by atoms with Gasteiger partial charge >= 0.3 is 0 Å². The molecule has 0 amide bonds. The molecule has 0 radical (unpaired) electrons. The Morgan fingerprint density at radius 3 is 2.63 bits per heavy atom. The van der Waals surface area contributed by atoms with Gasteiger partial charge in [-0.2, -0.15) is 0 Å². The molecule has 3 nitrogen and oxygen atoms in total. The molecule has 0 fully saturated rings. The summed E-state index contributed by atoms with van der Waals surface area (Å²) in [6.07, 6.45) is 0. The van der Waals surface area contributed by atoms with Crippen LogP contribution in [0.1, 0.15) is 15.9 Å². The van der Waals surface area contributed by atoms with E-state index in [1.165, 1.54) is 37.4 Å². The Balaban J connectivity index is 2.52. The molecule has 5 heteroatoms. The SMILES string of the molecule is COc1ccc(F)c(C(=O)c2cc(Cl)ccc2N)c1. The summed E-state index contributed by atoms with van der Waals surface area (Å²) in [6.45, 7) is 0. The summed E-state index contributed by atoms with van der Waals surface area (Å²) in [5.74, 6) is -0.771. The summed E-state index contributed by atoms with van der Waals surface area (Å²) in [5.41, 5.74) is 6.02. The van der Waals surface area contributed by atoms with Crippen LogP contribution in [0.4, 0.5) is 10.1 Å². The Labute approximate surface area is 114 Å². The predicted molar refractivity (Wildman–Crippen MR) is 72.2 cm³/mol. The first-order chi connectivity index (χ1) is 9.02. The van der Waals surface area contributed by atoms with Gasteiger partial charge in [-0.3, -0.25) is 4.79 Å². The molecule has 0 unspecified atom stereocenters. The van der Waals surface area contributed by atoms with Gasteiger partial charge in [0.15, 0.2) is 5.78 Å². The first-order valence-electron chi connectivity index (χ1n) is 5.46. The highest BCUT2D eigenvalue weighted by Gasteiger charge is 2.17. The smallest absolute Gasteiger partial charge is 0.198 e. The molecule has 0 aliphatic heterocycles. The van der Waals surface area contributed by atoms with Crippen molar-refractivity contribution in [3.8, 4) is 5.75 Å². The second-order valence-electron chi connectivity index (χ2n) is 3.91. The lowest BCUT2D eigenvalue weighted by molar-refractivity contribution is 0.103. The maximum Gasteiger partial charge on any atom is 0.198 e. The molecule has 0 aromatic heterocycles. The van der Waals surface area contributed by atoms with Crippen LogP contribution >= 0.6 is 11.6 Å². The van der Waals surface area contributed by atoms with Gasteiger partial charge in [0.25, 0.3) is 0 Å². The minimum atomic E-state index is -0.634. The number of nitrogens with two attached hydrogens (primary N) is 1. The highest BCUT2D eigenvalue weighted by atomic mass is 35.5. The van der Waals surface area contributed by atoms with E-state index in [9.17, 15) is 9.18 Å². The molecule has 2 aromatic carbocycles. The molecule has 0 aliphatic carbocycles. The number of carbonyl (C=O) groups is 1. The summed E-state index contributed by atoms with van der Waals surface area (Å²) in [6, 6.07) is 8.43. The van der Waals surface area contributed by atoms with Crippen molar-refractivity contribution in [1.29, 1.82) is 0 Å². The maximum absolute atomic E-state index is 13.7. The number of hydrogen-bond acceptors (Lipinski definition) is 3. The van der Waals surface area contributed by atoms with E-state index in [0.717, 1.165) is 0 Å². The van der Waals surface area contributed by atoms with Crippen molar-refractivity contribution >= 4 is 23.1 Å². The lowest BCUT2D eigenvalue weighted by atomic mass is 10.0. The topological polar surface area (TPSA) is 52.3 Å². The van der Waals surface area contributed by atoms with Gasteiger partial charge in [-0.1, -0.05) is 11.6 Å². The molecule has 0 bridgehead atoms. The fraction of sp³-hybridized carbons (Fsp3) is 0.0714. The summed E-state index contributed by atoms with van der Waals surface area (Å²) in [5, 5.41) is 0.362. The molecule has 0 spiro atoms. The third-order valence-electron chi connectivity index (χ3n) is 2.68. The maximum atomic E-state index is 13.7. The minimum Gasteiger partial charge on any atom is -0.497 e. The van der Waals surface area contributed by atoms with E-state index in [2.05, 4.69) is 0 Å². The van der Waals surface area contributed by atoms with Crippen molar-refractivity contribution in [3.05, 3.63) is 58.4 Å². The third-order valence-corrected chi connectivity index (χ3v) is 2.91. The highest BCUT2D eigenvalue weighted by Crippen LogP contribution is 2.24. The van der Waals surface area contributed by atoms with E-state index in [1.807, 2.05) is 0 Å². The Hall–Kier alpha value is -2.07. The van der Waals surface area contributed by atoms with Gasteiger partial charge in [-0.05, 0) is 36.4 Å². The van der Waals surface area contributed by atoms with Gasteiger partial charge in [-0.25, -0.2) is 4.39 Å². The molecule has 0 saturated heterocycles. The summed E-state index contributed by atoms with van der Waals surface area (Å²) in [4.78, 5) is 12.3. The van der Waals surface area contributed by atoms with Crippen LogP contribution in [-0.2, 0) is 0 Å². The van der Waals surface area contributed by atoms with Gasteiger partial charge < -0.3 is 10.5 Å². The van der Waals surface area contributed by atoms with Crippen LogP contribution in [0.15, 0.2) is 36.4 Å². The molecule has 2 aromatic rings. The van der Waals surface area contributed by atoms with Crippen molar-refractivity contribution in [1.82, 2.24) is 0 Å². The van der Waals surface area contributed by atoms with Crippen molar-refractivity contribution in [2.75, 3.05) is 12.8 Å². The number of hydrogen-bond donors (Lipinski definition) is 1. The van der Waals surface area contributed by atoms with Crippen LogP contribution in [0.5, 0.6) is 5.75 Å². The number of nitrogen functional groups attached to an aromatic ring is 1. The number of anilines is 1. The number of rotatable bonds is 3. The van der Waals surface area contributed by atoms with E-state index < -0.39 is 11.6 Å². The fourth-order valence-corrected chi connectivity index (χ4v) is 1.85. The Morgan fingerprint density at radius 1 is 1.21 bits per heavy atom. The number of ketones is 1. The Bertz CT molecular complexity index is 643. The zero-order chi connectivity index (χ0) is 14.0. The molecule has 19 heavy (non-hydrogen) atoms. The summed E-state index contributed by atoms with van der Waals surface area (Å²) >= 11 is 5.82. The second kappa shape index (κ2) is 5.28. The number of halogens is 2. The zero-order valence-electron chi connectivity index (χ0n) is 10.1. The molecular formula is C14H11ClFNO2. The highest BCUT2D eigenvalue weighted by molar-refractivity contribution is 6.31. The van der Waals surface area contributed by atoms with E-state index in [4.69, 9.17) is 22.1 Å². The molecular weight excluding hydrogens is 269 g/mol. The van der Waals surface area contributed by atoms with Gasteiger partial charge in [-0.15, -0.1) is 0 Å². The fourth-order valence-electron chi connectivity index (χ4n) is 1.68. The first kappa shape index (κ1) is 13.4. The van der Waals surface area contributed by atoms with Crippen LogP contribution in [-0.4, -0.2) is 12.9 Å². The quantitative estimate of drug-likeness (QED) is 0.693. The average molecular weight is 280 g/mol. The lowest BCUT2D eigenvalue weighted by Gasteiger charge is -2.08. The number of ether oxygens (including phenoxy) is 1. The van der Waals surface area contributed by atoms with Crippen LogP contribution < -0.4 is 10.5 Å². The van der Waals surface area contributed by atoms with Crippen molar-refractivity contribution in [2.45, 2.75) is 0 Å². The van der Waals surface area contributed by atoms with E-state index in [-0.39, 0.29) is 16.8 Å². The van der Waals surface area contributed by atoms with Crippen molar-refractivity contribution < 1.29 is 13.9 Å². The molecule has 0 heterocycles. The number of methoxy groups -OCH3 is 1. The molecule has 0 aliphatic rings. The average Bonchev–Trinajstić information content (AvgIpc) is 2.41. The second-order valence-corrected chi connectivity index (χ2v) is 4.34. The Morgan fingerprint density at radius 2 is 1.95 bits per heavy atom. The molecule has 0 atom stereocenters. The molecule has 98 valence electrons. The standard InChI is InChI=1S/C14H11ClFNO2/c1-19-9-3-4-12(16)10(7-9)14(18)11-6-8(15)2-5-13(11)17/h2-7H,17H2,1H3. The third kappa shape index (κ3) is 2.69. The predicted octanol–water partition coefficient (Wildman–Crippen LogP) is 3.30. The summed E-state index contributed by atoms with van der Waals surface area (Å²) in [7, 11) is 1.44. The van der Waals surface area contributed by atoms with Gasteiger partial charge in [0.1, 0.15) is 11.6 Å². The van der Waals surface area contributed by atoms with Crippen LogP contribution in [0, 0.1) is 5.82 Å². The van der Waals surface area contributed by atoms with E-state index in [0.29, 0.717) is 10.8 Å². The van der Waals surface area contributed by atoms with Crippen LogP contribution in [0.25, 0.3) is 0 Å². The van der Waals surface area contributed by atoms with Crippen LogP contribution in [0.2, 0.25) is 5.02 Å². The van der Waals surface area contributed by atoms with E-state index in [1.54, 1.807) is 6.07 Å². The number of benzene rings is 2. The monoisotopic (exact) mass is 279 g/mol. The van der Waals surface area contributed by atoms with Crippen molar-refractivity contribution in [2.24, 2.45) is 0 Å². The van der Waals surface area contributed by atoms with Gasteiger partial charge in [0.05, 0.1) is 12.7 Å². The van der Waals surface area contributed by atoms with Crippen LogP contribution in [0.3, 0.4) is 0 Å². The molecule has 2 rings (SSSR count). The summed E-state index contributed by atoms with van der Waals surface area (Å²) < 4.78 is 18.7. The largest absolute Gasteiger partial charge is 0.497 e. The van der Waals surface area contributed by atoms with E-state index >= 15 is 0 Å².